The number of nitrogens with one attached hydrogen (secondary N) is 2. The second-order valence-corrected chi connectivity index (χ2v) is 8.22. The first-order chi connectivity index (χ1) is 15.7. The van der Waals surface area contributed by atoms with Crippen LogP contribution < -0.4 is 10.2 Å². The van der Waals surface area contributed by atoms with Gasteiger partial charge in [0.2, 0.25) is 5.95 Å². The molecule has 0 radical (unpaired) electrons. The summed E-state index contributed by atoms with van der Waals surface area (Å²) < 4.78 is 1.88. The number of likely N-dealkylation sites (N-methyl/N-ethyl adjacent to an activating group) is 1. The standard InChI is InChI=1S/C24H24N8/c1-30-12-14-31(15-13-30)18-10-8-17(9-11-18)26-24-27-23-7-3-6-22(32(23)29-24)19-4-2-5-21-20(19)16-25-28-21/h2-11,16H,12-15H2,1H3,(H,25,28)(H,26,29). The summed E-state index contributed by atoms with van der Waals surface area (Å²) in [4.78, 5) is 9.47. The van der Waals surface area contributed by atoms with Crippen LogP contribution in [0.3, 0.4) is 0 Å². The lowest BCUT2D eigenvalue weighted by Crippen LogP contribution is -2.44. The minimum atomic E-state index is 0.573. The summed E-state index contributed by atoms with van der Waals surface area (Å²) in [5, 5.41) is 16.4. The van der Waals surface area contributed by atoms with Gasteiger partial charge in [-0.1, -0.05) is 18.2 Å². The van der Waals surface area contributed by atoms with E-state index in [0.717, 1.165) is 59.7 Å². The summed E-state index contributed by atoms with van der Waals surface area (Å²) in [7, 11) is 2.17. The molecular weight excluding hydrogens is 400 g/mol. The largest absolute Gasteiger partial charge is 0.369 e. The van der Waals surface area contributed by atoms with Crippen molar-refractivity contribution in [1.29, 1.82) is 0 Å². The maximum atomic E-state index is 4.74. The van der Waals surface area contributed by atoms with Gasteiger partial charge in [0.1, 0.15) is 0 Å². The summed E-state index contributed by atoms with van der Waals surface area (Å²) in [6.07, 6.45) is 1.85. The predicted octanol–water partition coefficient (Wildman–Crippen LogP) is 3.77. The number of aromatic nitrogens is 5. The summed E-state index contributed by atoms with van der Waals surface area (Å²) in [6.45, 7) is 4.31. The summed E-state index contributed by atoms with van der Waals surface area (Å²) in [5.41, 5.74) is 6.05. The molecule has 0 unspecified atom stereocenters. The fourth-order valence-electron chi connectivity index (χ4n) is 4.30. The van der Waals surface area contributed by atoms with Gasteiger partial charge in [-0.15, -0.1) is 5.10 Å². The van der Waals surface area contributed by atoms with Crippen LogP contribution in [-0.4, -0.2) is 62.9 Å². The Hall–Kier alpha value is -3.91. The Morgan fingerprint density at radius 2 is 1.72 bits per heavy atom. The fraction of sp³-hybridized carbons (Fsp3) is 0.208. The molecule has 0 saturated carbocycles. The highest BCUT2D eigenvalue weighted by Gasteiger charge is 2.15. The number of fused-ring (bicyclic) bond motifs is 2. The Bertz CT molecular complexity index is 1380. The summed E-state index contributed by atoms with van der Waals surface area (Å²) in [5.74, 6) is 0.573. The van der Waals surface area contributed by atoms with Crippen molar-refractivity contribution in [1.82, 2.24) is 29.7 Å². The zero-order valence-corrected chi connectivity index (χ0v) is 17.9. The van der Waals surface area contributed by atoms with E-state index in [1.54, 1.807) is 0 Å². The third-order valence-electron chi connectivity index (χ3n) is 6.11. The highest BCUT2D eigenvalue weighted by Crippen LogP contribution is 2.28. The average molecular weight is 425 g/mol. The fourth-order valence-corrected chi connectivity index (χ4v) is 4.30. The lowest BCUT2D eigenvalue weighted by molar-refractivity contribution is 0.313. The van der Waals surface area contributed by atoms with Crippen molar-refractivity contribution in [2.45, 2.75) is 0 Å². The van der Waals surface area contributed by atoms with Crippen LogP contribution in [0.5, 0.6) is 0 Å². The Labute approximate surface area is 185 Å². The number of aromatic amines is 1. The van der Waals surface area contributed by atoms with Gasteiger partial charge in [-0.25, -0.2) is 4.52 Å². The van der Waals surface area contributed by atoms with E-state index in [1.807, 2.05) is 35.0 Å². The second-order valence-electron chi connectivity index (χ2n) is 8.22. The van der Waals surface area contributed by atoms with Crippen molar-refractivity contribution in [3.05, 3.63) is 66.9 Å². The number of rotatable bonds is 4. The molecule has 8 nitrogen and oxygen atoms in total. The van der Waals surface area contributed by atoms with Gasteiger partial charge >= 0.3 is 0 Å². The van der Waals surface area contributed by atoms with E-state index in [-0.39, 0.29) is 0 Å². The Morgan fingerprint density at radius 3 is 2.56 bits per heavy atom. The molecule has 1 saturated heterocycles. The van der Waals surface area contributed by atoms with Crippen molar-refractivity contribution in [2.24, 2.45) is 0 Å². The molecule has 8 heteroatoms. The summed E-state index contributed by atoms with van der Waals surface area (Å²) >= 11 is 0. The number of hydrogen-bond donors (Lipinski definition) is 2. The molecule has 2 N–H and O–H groups in total. The molecule has 0 atom stereocenters. The third kappa shape index (κ3) is 3.34. The molecule has 32 heavy (non-hydrogen) atoms. The van der Waals surface area contributed by atoms with E-state index in [4.69, 9.17) is 5.10 Å². The Morgan fingerprint density at radius 1 is 0.906 bits per heavy atom. The molecule has 6 rings (SSSR count). The molecule has 0 aliphatic carbocycles. The van der Waals surface area contributed by atoms with Crippen LogP contribution in [0.4, 0.5) is 17.3 Å². The number of pyridine rings is 1. The molecule has 1 fully saturated rings. The molecule has 0 amide bonds. The number of piperazine rings is 1. The monoisotopic (exact) mass is 424 g/mol. The topological polar surface area (TPSA) is 77.4 Å². The maximum Gasteiger partial charge on any atom is 0.247 e. The van der Waals surface area contributed by atoms with Gasteiger partial charge in [-0.2, -0.15) is 10.1 Å². The molecule has 3 aromatic heterocycles. The van der Waals surface area contributed by atoms with Crippen molar-refractivity contribution < 1.29 is 0 Å². The number of anilines is 3. The molecule has 0 bridgehead atoms. The Balaban J connectivity index is 1.28. The van der Waals surface area contributed by atoms with Gasteiger partial charge in [0.15, 0.2) is 5.65 Å². The third-order valence-corrected chi connectivity index (χ3v) is 6.11. The number of hydrogen-bond acceptors (Lipinski definition) is 6. The van der Waals surface area contributed by atoms with Crippen LogP contribution in [0.1, 0.15) is 0 Å². The van der Waals surface area contributed by atoms with E-state index < -0.39 is 0 Å². The van der Waals surface area contributed by atoms with Gasteiger partial charge in [0.05, 0.1) is 17.4 Å². The van der Waals surface area contributed by atoms with Gasteiger partial charge in [-0.05, 0) is 49.5 Å². The molecule has 2 aromatic carbocycles. The average Bonchev–Trinajstić information content (AvgIpc) is 3.46. The molecule has 0 spiro atoms. The number of H-pyrrole nitrogens is 1. The quantitative estimate of drug-likeness (QED) is 0.457. The van der Waals surface area contributed by atoms with E-state index in [9.17, 15) is 0 Å². The van der Waals surface area contributed by atoms with Gasteiger partial charge in [0.25, 0.3) is 0 Å². The smallest absolute Gasteiger partial charge is 0.247 e. The first-order valence-corrected chi connectivity index (χ1v) is 10.8. The number of benzene rings is 2. The van der Waals surface area contributed by atoms with E-state index in [2.05, 4.69) is 73.7 Å². The molecule has 1 aliphatic rings. The zero-order chi connectivity index (χ0) is 21.5. The molecule has 4 heterocycles. The van der Waals surface area contributed by atoms with Crippen LogP contribution in [0.2, 0.25) is 0 Å². The second kappa shape index (κ2) is 7.65. The van der Waals surface area contributed by atoms with Crippen LogP contribution in [0, 0.1) is 0 Å². The zero-order valence-electron chi connectivity index (χ0n) is 17.9. The molecular formula is C24H24N8. The van der Waals surface area contributed by atoms with Gasteiger partial charge in [-0.3, -0.25) is 5.10 Å². The first kappa shape index (κ1) is 18.8. The minimum Gasteiger partial charge on any atom is -0.369 e. The van der Waals surface area contributed by atoms with Crippen LogP contribution in [0.25, 0.3) is 27.8 Å². The van der Waals surface area contributed by atoms with Crippen LogP contribution in [0.15, 0.2) is 66.9 Å². The summed E-state index contributed by atoms with van der Waals surface area (Å²) in [6, 6.07) is 20.7. The Kier molecular flexibility index (Phi) is 4.50. The van der Waals surface area contributed by atoms with Crippen molar-refractivity contribution >= 4 is 33.9 Å². The van der Waals surface area contributed by atoms with Crippen LogP contribution in [-0.2, 0) is 0 Å². The van der Waals surface area contributed by atoms with Crippen molar-refractivity contribution in [2.75, 3.05) is 43.4 Å². The molecule has 1 aliphatic heterocycles. The number of nitrogens with zero attached hydrogens (tertiary/aromatic N) is 6. The van der Waals surface area contributed by atoms with Crippen molar-refractivity contribution in [3.63, 3.8) is 0 Å². The van der Waals surface area contributed by atoms with Gasteiger partial charge in [0, 0.05) is 48.5 Å². The predicted molar refractivity (Wildman–Crippen MR) is 128 cm³/mol. The molecule has 160 valence electrons. The maximum absolute atomic E-state index is 4.74. The lowest BCUT2D eigenvalue weighted by Gasteiger charge is -2.34. The van der Waals surface area contributed by atoms with Crippen LogP contribution >= 0.6 is 0 Å². The van der Waals surface area contributed by atoms with E-state index >= 15 is 0 Å². The van der Waals surface area contributed by atoms with Gasteiger partial charge < -0.3 is 15.1 Å². The highest BCUT2D eigenvalue weighted by atomic mass is 15.4. The highest BCUT2D eigenvalue weighted by molar-refractivity contribution is 5.93. The minimum absolute atomic E-state index is 0.573. The normalized spacial score (nSPS) is 15.0. The SMILES string of the molecule is CN1CCN(c2ccc(Nc3nc4cccc(-c5cccc6[nH]ncc56)n4n3)cc2)CC1. The van der Waals surface area contributed by atoms with Crippen molar-refractivity contribution in [3.8, 4) is 11.3 Å². The first-order valence-electron chi connectivity index (χ1n) is 10.8. The lowest BCUT2D eigenvalue weighted by atomic mass is 10.1. The molecule has 5 aromatic rings. The van der Waals surface area contributed by atoms with E-state index in [0.29, 0.717) is 5.95 Å². The van der Waals surface area contributed by atoms with E-state index in [1.165, 1.54) is 5.69 Å².